The molecule has 0 radical (unpaired) electrons. The monoisotopic (exact) mass is 361 g/mol. The number of aryl methyl sites for hydroxylation is 1. The Morgan fingerprint density at radius 2 is 1.78 bits per heavy atom. The lowest BCUT2D eigenvalue weighted by Gasteiger charge is -2.06. The second-order valence-electron chi connectivity index (χ2n) is 5.95. The number of H-pyrrole nitrogens is 1. The number of para-hydroxylation sites is 1. The second kappa shape index (κ2) is 8.14. The van der Waals surface area contributed by atoms with Gasteiger partial charge >= 0.3 is 0 Å². The number of rotatable bonds is 4. The molecular formula is C21H19N3O3. The van der Waals surface area contributed by atoms with Crippen molar-refractivity contribution in [2.75, 3.05) is 0 Å². The fourth-order valence-electron chi connectivity index (χ4n) is 2.60. The lowest BCUT2D eigenvalue weighted by Crippen LogP contribution is -2.42. The summed E-state index contributed by atoms with van der Waals surface area (Å²) in [5.41, 5.74) is 6.77. The molecule has 0 unspecified atom stereocenters. The number of carbonyl (C=O) groups excluding carboxylic acids is 2. The molecule has 0 saturated heterocycles. The van der Waals surface area contributed by atoms with Gasteiger partial charge in [0.2, 0.25) is 5.43 Å². The van der Waals surface area contributed by atoms with Crippen LogP contribution in [0.2, 0.25) is 0 Å². The average Bonchev–Trinajstić information content (AvgIpc) is 2.71. The topological polar surface area (TPSA) is 91.1 Å². The van der Waals surface area contributed by atoms with Gasteiger partial charge in [-0.3, -0.25) is 25.2 Å². The van der Waals surface area contributed by atoms with Crippen LogP contribution in [-0.2, 0) is 11.2 Å². The molecule has 1 aromatic heterocycles. The van der Waals surface area contributed by atoms with Gasteiger partial charge in [-0.05, 0) is 35.8 Å². The van der Waals surface area contributed by atoms with E-state index >= 15 is 0 Å². The van der Waals surface area contributed by atoms with E-state index in [1.807, 2.05) is 24.3 Å². The summed E-state index contributed by atoms with van der Waals surface area (Å²) in [5.74, 6) is -1.18. The van der Waals surface area contributed by atoms with E-state index in [2.05, 4.69) is 22.8 Å². The molecule has 0 saturated carbocycles. The maximum Gasteiger partial charge on any atom is 0.275 e. The first-order valence-corrected chi connectivity index (χ1v) is 8.56. The van der Waals surface area contributed by atoms with Crippen molar-refractivity contribution in [2.24, 2.45) is 0 Å². The minimum atomic E-state index is -0.684. The van der Waals surface area contributed by atoms with E-state index in [0.717, 1.165) is 12.0 Å². The summed E-state index contributed by atoms with van der Waals surface area (Å²) in [7, 11) is 0. The van der Waals surface area contributed by atoms with E-state index in [4.69, 9.17) is 0 Å². The first-order valence-electron chi connectivity index (χ1n) is 8.56. The van der Waals surface area contributed by atoms with Crippen LogP contribution in [0.25, 0.3) is 17.0 Å². The standard InChI is InChI=1S/C21H19N3O3/c1-2-14-7-9-15(10-8-14)11-12-19(25)23-24-21(27)17-13-22-18-6-4-3-5-16(18)20(17)26/h3-13H,2H2,1H3,(H,22,26)(H,23,25)(H,24,27)/b12-11+. The van der Waals surface area contributed by atoms with Crippen LogP contribution in [-0.4, -0.2) is 16.8 Å². The summed E-state index contributed by atoms with van der Waals surface area (Å²) in [6.07, 6.45) is 5.23. The SMILES string of the molecule is CCc1ccc(/C=C/C(=O)NNC(=O)c2c[nH]c3ccccc3c2=O)cc1. The number of amides is 2. The average molecular weight is 361 g/mol. The molecule has 0 fully saturated rings. The Morgan fingerprint density at radius 3 is 2.52 bits per heavy atom. The van der Waals surface area contributed by atoms with Crippen molar-refractivity contribution in [1.29, 1.82) is 0 Å². The Labute approximate surface area is 155 Å². The van der Waals surface area contributed by atoms with Gasteiger partial charge in [-0.25, -0.2) is 0 Å². The highest BCUT2D eigenvalue weighted by Crippen LogP contribution is 2.07. The number of benzene rings is 2. The molecule has 3 aromatic rings. The number of aromatic amines is 1. The second-order valence-corrected chi connectivity index (χ2v) is 5.95. The Hall–Kier alpha value is -3.67. The summed E-state index contributed by atoms with van der Waals surface area (Å²) < 4.78 is 0. The minimum absolute atomic E-state index is 0.0758. The van der Waals surface area contributed by atoms with E-state index < -0.39 is 17.2 Å². The van der Waals surface area contributed by atoms with Crippen LogP contribution < -0.4 is 16.3 Å². The highest BCUT2D eigenvalue weighted by atomic mass is 16.2. The van der Waals surface area contributed by atoms with Gasteiger partial charge in [0, 0.05) is 23.2 Å². The van der Waals surface area contributed by atoms with Crippen LogP contribution in [0.1, 0.15) is 28.4 Å². The Kier molecular flexibility index (Phi) is 5.47. The van der Waals surface area contributed by atoms with E-state index in [1.165, 1.54) is 17.8 Å². The number of nitrogens with one attached hydrogen (secondary N) is 3. The van der Waals surface area contributed by atoms with Crippen molar-refractivity contribution in [3.05, 3.63) is 87.7 Å². The summed E-state index contributed by atoms with van der Waals surface area (Å²) in [4.78, 5) is 39.3. The van der Waals surface area contributed by atoms with E-state index in [1.54, 1.807) is 30.3 Å². The highest BCUT2D eigenvalue weighted by molar-refractivity contribution is 5.99. The van der Waals surface area contributed by atoms with Gasteiger partial charge in [-0.1, -0.05) is 43.3 Å². The van der Waals surface area contributed by atoms with Gasteiger partial charge < -0.3 is 4.98 Å². The minimum Gasteiger partial charge on any atom is -0.360 e. The third-order valence-electron chi connectivity index (χ3n) is 4.15. The molecule has 27 heavy (non-hydrogen) atoms. The van der Waals surface area contributed by atoms with Crippen molar-refractivity contribution in [3.63, 3.8) is 0 Å². The van der Waals surface area contributed by atoms with Crippen LogP contribution in [0, 0.1) is 0 Å². The summed E-state index contributed by atoms with van der Waals surface area (Å²) in [6.45, 7) is 2.07. The molecule has 0 bridgehead atoms. The number of hydrogen-bond acceptors (Lipinski definition) is 3. The molecule has 0 aliphatic carbocycles. The van der Waals surface area contributed by atoms with Crippen LogP contribution >= 0.6 is 0 Å². The summed E-state index contributed by atoms with van der Waals surface area (Å²) in [6, 6.07) is 14.7. The van der Waals surface area contributed by atoms with Gasteiger partial charge in [0.1, 0.15) is 5.56 Å². The number of fused-ring (bicyclic) bond motifs is 1. The molecule has 0 aliphatic rings. The first-order chi connectivity index (χ1) is 13.1. The Balaban J connectivity index is 1.63. The number of pyridine rings is 1. The molecule has 1 heterocycles. The summed E-state index contributed by atoms with van der Waals surface area (Å²) in [5, 5.41) is 0.409. The van der Waals surface area contributed by atoms with Crippen LogP contribution in [0.15, 0.2) is 65.6 Å². The van der Waals surface area contributed by atoms with Crippen molar-refractivity contribution < 1.29 is 9.59 Å². The molecule has 3 N–H and O–H groups in total. The largest absolute Gasteiger partial charge is 0.360 e. The Bertz CT molecular complexity index is 1070. The molecule has 136 valence electrons. The number of carbonyl (C=O) groups is 2. The molecule has 0 spiro atoms. The lowest BCUT2D eigenvalue weighted by molar-refractivity contribution is -0.117. The summed E-state index contributed by atoms with van der Waals surface area (Å²) >= 11 is 0. The van der Waals surface area contributed by atoms with E-state index in [0.29, 0.717) is 10.9 Å². The maximum atomic E-state index is 12.4. The van der Waals surface area contributed by atoms with Crippen LogP contribution in [0.3, 0.4) is 0 Å². The molecule has 2 aromatic carbocycles. The molecule has 2 amide bonds. The fourth-order valence-corrected chi connectivity index (χ4v) is 2.60. The first kappa shape index (κ1) is 18.1. The van der Waals surface area contributed by atoms with Crippen molar-refractivity contribution in [2.45, 2.75) is 13.3 Å². The third kappa shape index (κ3) is 4.30. The van der Waals surface area contributed by atoms with Gasteiger partial charge in [-0.2, -0.15) is 0 Å². The molecule has 6 heteroatoms. The third-order valence-corrected chi connectivity index (χ3v) is 4.15. The van der Waals surface area contributed by atoms with E-state index in [-0.39, 0.29) is 5.56 Å². The van der Waals surface area contributed by atoms with Gasteiger partial charge in [0.15, 0.2) is 0 Å². The fraction of sp³-hybridized carbons (Fsp3) is 0.0952. The maximum absolute atomic E-state index is 12.4. The number of aromatic nitrogens is 1. The van der Waals surface area contributed by atoms with E-state index in [9.17, 15) is 14.4 Å². The van der Waals surface area contributed by atoms with Crippen LogP contribution in [0.4, 0.5) is 0 Å². The smallest absolute Gasteiger partial charge is 0.275 e. The van der Waals surface area contributed by atoms with Crippen molar-refractivity contribution in [1.82, 2.24) is 15.8 Å². The molecular weight excluding hydrogens is 342 g/mol. The van der Waals surface area contributed by atoms with Gasteiger partial charge in [0.05, 0.1) is 0 Å². The normalized spacial score (nSPS) is 10.9. The highest BCUT2D eigenvalue weighted by Gasteiger charge is 2.12. The lowest BCUT2D eigenvalue weighted by atomic mass is 10.1. The molecule has 3 rings (SSSR count). The van der Waals surface area contributed by atoms with Crippen molar-refractivity contribution in [3.8, 4) is 0 Å². The number of hydrogen-bond donors (Lipinski definition) is 3. The zero-order valence-corrected chi connectivity index (χ0v) is 14.8. The molecule has 0 aliphatic heterocycles. The Morgan fingerprint density at radius 1 is 1.04 bits per heavy atom. The molecule has 6 nitrogen and oxygen atoms in total. The van der Waals surface area contributed by atoms with Gasteiger partial charge in [0.25, 0.3) is 11.8 Å². The zero-order valence-electron chi connectivity index (χ0n) is 14.8. The zero-order chi connectivity index (χ0) is 19.2. The predicted octanol–water partition coefficient (Wildman–Crippen LogP) is 2.56. The number of hydrazine groups is 1. The molecule has 0 atom stereocenters. The van der Waals surface area contributed by atoms with Crippen molar-refractivity contribution >= 4 is 28.8 Å². The van der Waals surface area contributed by atoms with Gasteiger partial charge in [-0.15, -0.1) is 0 Å². The predicted molar refractivity (Wildman–Crippen MR) is 105 cm³/mol. The quantitative estimate of drug-likeness (QED) is 0.493. The van der Waals surface area contributed by atoms with Crippen LogP contribution in [0.5, 0.6) is 0 Å².